The molecule has 134 valence electrons. The van der Waals surface area contributed by atoms with Gasteiger partial charge >= 0.3 is 6.03 Å². The van der Waals surface area contributed by atoms with Crippen LogP contribution in [0.5, 0.6) is 0 Å². The summed E-state index contributed by atoms with van der Waals surface area (Å²) < 4.78 is 0. The summed E-state index contributed by atoms with van der Waals surface area (Å²) in [5.41, 5.74) is 2.75. The van der Waals surface area contributed by atoms with Crippen molar-refractivity contribution >= 4 is 17.4 Å². The first kappa shape index (κ1) is 18.8. The number of amides is 2. The average Bonchev–Trinajstić information content (AvgIpc) is 2.61. The summed E-state index contributed by atoms with van der Waals surface area (Å²) in [7, 11) is 2.02. The van der Waals surface area contributed by atoms with Gasteiger partial charge in [0, 0.05) is 31.1 Å². The Morgan fingerprint density at radius 3 is 2.48 bits per heavy atom. The van der Waals surface area contributed by atoms with Gasteiger partial charge in [0.1, 0.15) is 0 Å². The fraction of sp³-hybridized carbons (Fsp3) is 0.350. The number of nitrogens with zero attached hydrogens (tertiary/aromatic N) is 1. The molecule has 0 heterocycles. The van der Waals surface area contributed by atoms with E-state index in [-0.39, 0.29) is 18.7 Å². The molecule has 0 spiro atoms. The molecule has 0 saturated heterocycles. The predicted octanol–water partition coefficient (Wildman–Crippen LogP) is 3.78. The van der Waals surface area contributed by atoms with Gasteiger partial charge in [-0.15, -0.1) is 0 Å². The Balaban J connectivity index is 2.04. The average molecular weight is 341 g/mol. The number of hydrogen-bond acceptors (Lipinski definition) is 3. The van der Waals surface area contributed by atoms with E-state index in [1.165, 1.54) is 0 Å². The largest absolute Gasteiger partial charge is 0.396 e. The minimum absolute atomic E-state index is 0.00844. The molecule has 2 aromatic carbocycles. The summed E-state index contributed by atoms with van der Waals surface area (Å²) in [6, 6.07) is 17.3. The van der Waals surface area contributed by atoms with Crippen LogP contribution in [0, 0.1) is 0 Å². The molecule has 2 amide bonds. The second kappa shape index (κ2) is 9.08. The summed E-state index contributed by atoms with van der Waals surface area (Å²) in [4.78, 5) is 14.5. The highest BCUT2D eigenvalue weighted by Gasteiger charge is 2.14. The monoisotopic (exact) mass is 341 g/mol. The van der Waals surface area contributed by atoms with Gasteiger partial charge in [0.25, 0.3) is 0 Å². The van der Waals surface area contributed by atoms with Crippen LogP contribution in [0.3, 0.4) is 0 Å². The van der Waals surface area contributed by atoms with Crippen LogP contribution in [0.25, 0.3) is 0 Å². The second-order valence-electron chi connectivity index (χ2n) is 6.33. The minimum atomic E-state index is -0.286. The van der Waals surface area contributed by atoms with Crippen molar-refractivity contribution in [1.82, 2.24) is 5.32 Å². The molecule has 5 nitrogen and oxygen atoms in total. The number of aliphatic hydroxyl groups excluding tert-OH is 1. The van der Waals surface area contributed by atoms with Crippen molar-refractivity contribution in [2.24, 2.45) is 0 Å². The van der Waals surface area contributed by atoms with Crippen LogP contribution in [0.2, 0.25) is 0 Å². The Morgan fingerprint density at radius 1 is 1.12 bits per heavy atom. The maximum absolute atomic E-state index is 12.4. The van der Waals surface area contributed by atoms with E-state index in [1.807, 2.05) is 61.6 Å². The van der Waals surface area contributed by atoms with Gasteiger partial charge in [-0.25, -0.2) is 4.79 Å². The summed E-state index contributed by atoms with van der Waals surface area (Å²) >= 11 is 0. The van der Waals surface area contributed by atoms with Crippen molar-refractivity contribution in [3.05, 3.63) is 60.2 Å². The maximum atomic E-state index is 12.4. The van der Waals surface area contributed by atoms with Crippen LogP contribution in [0.4, 0.5) is 16.2 Å². The van der Waals surface area contributed by atoms with Gasteiger partial charge in [0.15, 0.2) is 0 Å². The predicted molar refractivity (Wildman–Crippen MR) is 103 cm³/mol. The van der Waals surface area contributed by atoms with Gasteiger partial charge in [-0.1, -0.05) is 36.4 Å². The Kier molecular flexibility index (Phi) is 6.83. The van der Waals surface area contributed by atoms with E-state index in [4.69, 9.17) is 0 Å². The summed E-state index contributed by atoms with van der Waals surface area (Å²) in [6.45, 7) is 4.24. The smallest absolute Gasteiger partial charge is 0.319 e. The lowest BCUT2D eigenvalue weighted by atomic mass is 10.0. The molecule has 2 rings (SSSR count). The van der Waals surface area contributed by atoms with Gasteiger partial charge in [-0.2, -0.15) is 0 Å². The number of benzene rings is 2. The van der Waals surface area contributed by atoms with Crippen LogP contribution in [-0.4, -0.2) is 30.8 Å². The Bertz CT molecular complexity index is 674. The van der Waals surface area contributed by atoms with Crippen molar-refractivity contribution < 1.29 is 9.90 Å². The number of rotatable bonds is 7. The summed E-state index contributed by atoms with van der Waals surface area (Å²) in [5, 5.41) is 15.1. The van der Waals surface area contributed by atoms with Gasteiger partial charge in [0.2, 0.25) is 0 Å². The van der Waals surface area contributed by atoms with Crippen molar-refractivity contribution in [1.29, 1.82) is 0 Å². The minimum Gasteiger partial charge on any atom is -0.396 e. The van der Waals surface area contributed by atoms with Gasteiger partial charge in [0.05, 0.1) is 6.04 Å². The SMILES string of the molecule is CC(C)N(C)c1cccc(NC(=O)N[C@H](CCO)c2ccccc2)c1. The molecule has 0 fully saturated rings. The molecule has 0 radical (unpaired) electrons. The first-order valence-corrected chi connectivity index (χ1v) is 8.57. The van der Waals surface area contributed by atoms with Crippen LogP contribution >= 0.6 is 0 Å². The van der Waals surface area contributed by atoms with Crippen molar-refractivity contribution in [3.63, 3.8) is 0 Å². The molecule has 25 heavy (non-hydrogen) atoms. The molecule has 2 aromatic rings. The number of carbonyl (C=O) groups excluding carboxylic acids is 1. The zero-order valence-electron chi connectivity index (χ0n) is 15.1. The zero-order chi connectivity index (χ0) is 18.2. The Hall–Kier alpha value is -2.53. The number of aliphatic hydroxyl groups is 1. The zero-order valence-corrected chi connectivity index (χ0v) is 15.1. The topological polar surface area (TPSA) is 64.6 Å². The Labute approximate surface area is 149 Å². The molecular formula is C20H27N3O2. The highest BCUT2D eigenvalue weighted by molar-refractivity contribution is 5.90. The van der Waals surface area contributed by atoms with E-state index < -0.39 is 0 Å². The molecule has 0 bridgehead atoms. The standard InChI is InChI=1S/C20H27N3O2/c1-15(2)23(3)18-11-7-10-17(14-18)21-20(25)22-19(12-13-24)16-8-5-4-6-9-16/h4-11,14-15,19,24H,12-13H2,1-3H3,(H2,21,22,25)/t19-/m1/s1. The molecule has 0 aliphatic carbocycles. The van der Waals surface area contributed by atoms with Crippen molar-refractivity contribution in [2.45, 2.75) is 32.4 Å². The van der Waals surface area contributed by atoms with E-state index in [2.05, 4.69) is 29.4 Å². The van der Waals surface area contributed by atoms with E-state index in [1.54, 1.807) is 0 Å². The fourth-order valence-electron chi connectivity index (χ4n) is 2.56. The fourth-order valence-corrected chi connectivity index (χ4v) is 2.56. The van der Waals surface area contributed by atoms with Crippen LogP contribution < -0.4 is 15.5 Å². The number of urea groups is 1. The quantitative estimate of drug-likeness (QED) is 0.718. The van der Waals surface area contributed by atoms with Crippen LogP contribution in [0.1, 0.15) is 31.9 Å². The highest BCUT2D eigenvalue weighted by Crippen LogP contribution is 2.21. The molecule has 0 aliphatic heterocycles. The van der Waals surface area contributed by atoms with Gasteiger partial charge in [-0.3, -0.25) is 0 Å². The summed E-state index contributed by atoms with van der Waals surface area (Å²) in [5.74, 6) is 0. The molecule has 0 aromatic heterocycles. The lowest BCUT2D eigenvalue weighted by molar-refractivity contribution is 0.239. The number of hydrogen-bond donors (Lipinski definition) is 3. The van der Waals surface area contributed by atoms with E-state index >= 15 is 0 Å². The first-order valence-electron chi connectivity index (χ1n) is 8.57. The van der Waals surface area contributed by atoms with Crippen molar-refractivity contribution in [2.75, 3.05) is 23.9 Å². The molecule has 0 saturated carbocycles. The molecule has 0 aliphatic rings. The van der Waals surface area contributed by atoms with E-state index in [9.17, 15) is 9.90 Å². The third kappa shape index (κ3) is 5.50. The lowest BCUT2D eigenvalue weighted by Crippen LogP contribution is -2.33. The van der Waals surface area contributed by atoms with E-state index in [0.717, 1.165) is 16.9 Å². The Morgan fingerprint density at radius 2 is 1.84 bits per heavy atom. The normalized spacial score (nSPS) is 11.9. The maximum Gasteiger partial charge on any atom is 0.319 e. The number of anilines is 2. The molecular weight excluding hydrogens is 314 g/mol. The number of nitrogens with one attached hydrogen (secondary N) is 2. The first-order chi connectivity index (χ1) is 12.0. The van der Waals surface area contributed by atoms with E-state index in [0.29, 0.717) is 12.5 Å². The second-order valence-corrected chi connectivity index (χ2v) is 6.33. The van der Waals surface area contributed by atoms with Gasteiger partial charge in [-0.05, 0) is 44.0 Å². The molecule has 1 atom stereocenters. The van der Waals surface area contributed by atoms with Crippen LogP contribution in [0.15, 0.2) is 54.6 Å². The molecule has 5 heteroatoms. The van der Waals surface area contributed by atoms with Gasteiger partial charge < -0.3 is 20.6 Å². The number of carbonyl (C=O) groups is 1. The third-order valence-corrected chi connectivity index (χ3v) is 4.21. The van der Waals surface area contributed by atoms with Crippen molar-refractivity contribution in [3.8, 4) is 0 Å². The lowest BCUT2D eigenvalue weighted by Gasteiger charge is -2.24. The summed E-state index contributed by atoms with van der Waals surface area (Å²) in [6.07, 6.45) is 0.466. The molecule has 0 unspecified atom stereocenters. The molecule has 3 N–H and O–H groups in total. The van der Waals surface area contributed by atoms with Crippen LogP contribution in [-0.2, 0) is 0 Å². The third-order valence-electron chi connectivity index (χ3n) is 4.21. The highest BCUT2D eigenvalue weighted by atomic mass is 16.3.